The Morgan fingerprint density at radius 1 is 1.50 bits per heavy atom. The van der Waals surface area contributed by atoms with E-state index in [1.807, 2.05) is 0 Å². The Hall–Kier alpha value is -0.710. The molecule has 0 aliphatic heterocycles. The van der Waals surface area contributed by atoms with Crippen molar-refractivity contribution in [2.75, 3.05) is 0 Å². The largest absolute Gasteiger partial charge is 0.462 e. The fourth-order valence-corrected chi connectivity index (χ4v) is 1.55. The number of hydrogen-bond donors (Lipinski definition) is 1. The first-order chi connectivity index (χ1) is 6.38. The van der Waals surface area contributed by atoms with Crippen molar-refractivity contribution >= 4 is 5.97 Å². The third kappa shape index (κ3) is 1.87. The van der Waals surface area contributed by atoms with Crippen LogP contribution in [0.5, 0.6) is 0 Å². The van der Waals surface area contributed by atoms with E-state index in [-0.39, 0.29) is 12.8 Å². The second-order valence-corrected chi connectivity index (χ2v) is 3.97. The molecule has 0 radical (unpaired) electrons. The second-order valence-electron chi connectivity index (χ2n) is 3.97. The van der Waals surface area contributed by atoms with Crippen LogP contribution < -0.4 is 0 Å². The number of aliphatic hydroxyl groups excluding tert-OH is 1. The van der Waals surface area contributed by atoms with E-state index in [4.69, 9.17) is 9.84 Å². The third-order valence-corrected chi connectivity index (χ3v) is 2.37. The molecule has 0 atom stereocenters. The van der Waals surface area contributed by atoms with Crippen molar-refractivity contribution in [3.05, 3.63) is 0 Å². The zero-order chi connectivity index (χ0) is 10.9. The van der Waals surface area contributed by atoms with Crippen molar-refractivity contribution in [2.24, 2.45) is 5.41 Å². The van der Waals surface area contributed by atoms with Crippen LogP contribution in [0.25, 0.3) is 0 Å². The molecule has 0 unspecified atom stereocenters. The molecule has 1 N–H and O–H groups in total. The molecule has 0 heterocycles. The van der Waals surface area contributed by atoms with Gasteiger partial charge in [0.25, 0.3) is 6.43 Å². The van der Waals surface area contributed by atoms with Crippen LogP contribution in [0, 0.1) is 5.41 Å². The fourth-order valence-electron chi connectivity index (χ4n) is 1.55. The first-order valence-electron chi connectivity index (χ1n) is 4.56. The molecule has 1 aliphatic rings. The highest BCUT2D eigenvalue weighted by Gasteiger charge is 2.58. The molecule has 0 saturated heterocycles. The Morgan fingerprint density at radius 3 is 2.29 bits per heavy atom. The topological polar surface area (TPSA) is 46.5 Å². The van der Waals surface area contributed by atoms with Crippen LogP contribution in [-0.2, 0) is 9.53 Å². The lowest BCUT2D eigenvalue weighted by Crippen LogP contribution is -2.53. The van der Waals surface area contributed by atoms with Gasteiger partial charge in [-0.1, -0.05) is 0 Å². The maximum Gasteiger partial charge on any atom is 0.318 e. The van der Waals surface area contributed by atoms with Gasteiger partial charge in [0.1, 0.15) is 5.41 Å². The number of rotatable bonds is 3. The van der Waals surface area contributed by atoms with Crippen LogP contribution in [0.4, 0.5) is 8.78 Å². The molecular weight excluding hydrogens is 194 g/mol. The Kier molecular flexibility index (Phi) is 3.09. The molecular formula is C9H14F2O3. The van der Waals surface area contributed by atoms with Crippen LogP contribution in [0.3, 0.4) is 0 Å². The lowest BCUT2D eigenvalue weighted by molar-refractivity contribution is -0.193. The Balaban J connectivity index is 2.65. The number of halogens is 2. The molecule has 0 aromatic heterocycles. The first-order valence-corrected chi connectivity index (χ1v) is 4.56. The second kappa shape index (κ2) is 3.81. The van der Waals surface area contributed by atoms with Crippen LogP contribution in [0.1, 0.15) is 26.7 Å². The molecule has 1 aliphatic carbocycles. The molecule has 0 spiro atoms. The highest BCUT2D eigenvalue weighted by atomic mass is 19.3. The van der Waals surface area contributed by atoms with Crippen LogP contribution in [0.15, 0.2) is 0 Å². The van der Waals surface area contributed by atoms with Gasteiger partial charge >= 0.3 is 5.97 Å². The molecule has 82 valence electrons. The summed E-state index contributed by atoms with van der Waals surface area (Å²) >= 11 is 0. The van der Waals surface area contributed by atoms with Gasteiger partial charge in [0, 0.05) is 0 Å². The van der Waals surface area contributed by atoms with Gasteiger partial charge in [0.2, 0.25) is 0 Å². The van der Waals surface area contributed by atoms with E-state index in [1.165, 1.54) is 0 Å². The van der Waals surface area contributed by atoms with Crippen molar-refractivity contribution in [3.63, 3.8) is 0 Å². The van der Waals surface area contributed by atoms with Gasteiger partial charge in [-0.2, -0.15) is 0 Å². The minimum atomic E-state index is -2.77. The molecule has 14 heavy (non-hydrogen) atoms. The molecule has 0 bridgehead atoms. The predicted octanol–water partition coefficient (Wildman–Crippen LogP) is 1.34. The van der Waals surface area contributed by atoms with Crippen LogP contribution in [0.2, 0.25) is 0 Å². The fraction of sp³-hybridized carbons (Fsp3) is 0.889. The molecule has 1 saturated carbocycles. The van der Waals surface area contributed by atoms with E-state index in [0.717, 1.165) is 0 Å². The van der Waals surface area contributed by atoms with E-state index >= 15 is 0 Å². The molecule has 1 rings (SSSR count). The number of hydrogen-bond acceptors (Lipinski definition) is 3. The first kappa shape index (κ1) is 11.4. The number of alkyl halides is 2. The minimum absolute atomic E-state index is 0.198. The maximum absolute atomic E-state index is 12.6. The summed E-state index contributed by atoms with van der Waals surface area (Å²) in [6, 6.07) is 0. The summed E-state index contributed by atoms with van der Waals surface area (Å²) in [4.78, 5) is 11.3. The van der Waals surface area contributed by atoms with Gasteiger partial charge in [-0.15, -0.1) is 0 Å². The summed E-state index contributed by atoms with van der Waals surface area (Å²) in [5, 5.41) is 8.97. The highest BCUT2D eigenvalue weighted by molar-refractivity contribution is 5.79. The SMILES string of the molecule is CC(C)OC(=O)C1(C(F)F)CC(O)C1. The van der Waals surface area contributed by atoms with Crippen LogP contribution >= 0.6 is 0 Å². The molecule has 3 nitrogen and oxygen atoms in total. The van der Waals surface area contributed by atoms with E-state index in [2.05, 4.69) is 0 Å². The summed E-state index contributed by atoms with van der Waals surface area (Å²) in [5.74, 6) is -0.896. The number of esters is 1. The summed E-state index contributed by atoms with van der Waals surface area (Å²) in [6.07, 6.45) is -4.37. The average molecular weight is 208 g/mol. The van der Waals surface area contributed by atoms with Gasteiger partial charge in [0.15, 0.2) is 0 Å². The lowest BCUT2D eigenvalue weighted by atomic mass is 9.67. The van der Waals surface area contributed by atoms with Gasteiger partial charge in [-0.3, -0.25) is 4.79 Å². The summed E-state index contributed by atoms with van der Waals surface area (Å²) < 4.78 is 29.9. The van der Waals surface area contributed by atoms with Crippen molar-refractivity contribution in [2.45, 2.75) is 45.3 Å². The Labute approximate surface area is 81.1 Å². The Morgan fingerprint density at radius 2 is 2.00 bits per heavy atom. The number of aliphatic hydroxyl groups is 1. The molecule has 0 aromatic rings. The van der Waals surface area contributed by atoms with Crippen molar-refractivity contribution in [3.8, 4) is 0 Å². The quantitative estimate of drug-likeness (QED) is 0.712. The summed E-state index contributed by atoms with van der Waals surface area (Å²) in [5.41, 5.74) is -1.76. The van der Waals surface area contributed by atoms with E-state index in [9.17, 15) is 13.6 Å². The molecule has 0 aromatic carbocycles. The minimum Gasteiger partial charge on any atom is -0.462 e. The number of carbonyl (C=O) groups excluding carboxylic acids is 1. The van der Waals surface area contributed by atoms with E-state index < -0.39 is 30.0 Å². The molecule has 5 heteroatoms. The van der Waals surface area contributed by atoms with Gasteiger partial charge in [-0.05, 0) is 26.7 Å². The Bertz CT molecular complexity index is 222. The van der Waals surface area contributed by atoms with E-state index in [0.29, 0.717) is 0 Å². The smallest absolute Gasteiger partial charge is 0.318 e. The van der Waals surface area contributed by atoms with Crippen LogP contribution in [-0.4, -0.2) is 29.7 Å². The predicted molar refractivity (Wildman–Crippen MR) is 44.9 cm³/mol. The monoisotopic (exact) mass is 208 g/mol. The molecule has 1 fully saturated rings. The summed E-state index contributed by atoms with van der Waals surface area (Å²) in [7, 11) is 0. The third-order valence-electron chi connectivity index (χ3n) is 2.37. The van der Waals surface area contributed by atoms with Gasteiger partial charge in [0.05, 0.1) is 12.2 Å². The van der Waals surface area contributed by atoms with Gasteiger partial charge in [-0.25, -0.2) is 8.78 Å². The van der Waals surface area contributed by atoms with E-state index in [1.54, 1.807) is 13.8 Å². The standard InChI is InChI=1S/C9H14F2O3/c1-5(2)14-8(13)9(7(10)11)3-6(12)4-9/h5-7,12H,3-4H2,1-2H3. The lowest BCUT2D eigenvalue weighted by Gasteiger charge is -2.42. The highest BCUT2D eigenvalue weighted by Crippen LogP contribution is 2.47. The zero-order valence-electron chi connectivity index (χ0n) is 8.17. The number of carbonyl (C=O) groups is 1. The van der Waals surface area contributed by atoms with Crippen molar-refractivity contribution in [1.82, 2.24) is 0 Å². The zero-order valence-corrected chi connectivity index (χ0v) is 8.17. The normalized spacial score (nSPS) is 31.8. The average Bonchev–Trinajstić information content (AvgIpc) is 1.95. The maximum atomic E-state index is 12.6. The van der Waals surface area contributed by atoms with Crippen molar-refractivity contribution in [1.29, 1.82) is 0 Å². The number of ether oxygens (including phenoxy) is 1. The molecule has 0 amide bonds. The van der Waals surface area contributed by atoms with Gasteiger partial charge < -0.3 is 9.84 Å². The summed E-state index contributed by atoms with van der Waals surface area (Å²) in [6.45, 7) is 3.21. The van der Waals surface area contributed by atoms with Crippen molar-refractivity contribution < 1.29 is 23.4 Å².